The average molecular weight is 746 g/mol. The third-order valence-corrected chi connectivity index (χ3v) is 5.16. The molecule has 3 rings (SSSR count). The van der Waals surface area contributed by atoms with Gasteiger partial charge in [0.05, 0.1) is 46.5 Å². The minimum absolute atomic E-state index is 0. The van der Waals surface area contributed by atoms with Gasteiger partial charge in [-0.1, -0.05) is 34.8 Å². The number of nitro groups is 3. The molecule has 1 radical (unpaired) electrons. The molecule has 3 N–H and O–H groups in total. The number of rotatable bonds is 6. The first-order valence-corrected chi connectivity index (χ1v) is 10.7. The number of benzene rings is 3. The Labute approximate surface area is 270 Å². The minimum Gasteiger partial charge on any atom is -0.478 e. The summed E-state index contributed by atoms with van der Waals surface area (Å²) in [6, 6.07) is 9.76. The zero-order valence-electron chi connectivity index (χ0n) is 19.3. The van der Waals surface area contributed by atoms with Crippen LogP contribution in [0.25, 0.3) is 0 Å². The van der Waals surface area contributed by atoms with E-state index in [1.54, 1.807) is 0 Å². The number of carboxylic acid groups (broad SMARTS) is 3. The van der Waals surface area contributed by atoms with Gasteiger partial charge in [-0.25, -0.2) is 14.4 Å². The van der Waals surface area contributed by atoms with Crippen molar-refractivity contribution in [2.24, 2.45) is 0 Å². The van der Waals surface area contributed by atoms with Crippen molar-refractivity contribution in [1.82, 2.24) is 0 Å². The molecule has 0 amide bonds. The number of hydrogen-bond donors (Lipinski definition) is 3. The minimum atomic E-state index is -1.28. The number of halogens is 3. The van der Waals surface area contributed by atoms with Crippen LogP contribution in [-0.4, -0.2) is 48.0 Å². The van der Waals surface area contributed by atoms with Crippen molar-refractivity contribution in [2.75, 3.05) is 0 Å². The predicted octanol–water partition coefficient (Wildman–Crippen LogP) is 5.84. The van der Waals surface area contributed by atoms with Gasteiger partial charge in [-0.3, -0.25) is 30.3 Å². The van der Waals surface area contributed by atoms with Crippen LogP contribution in [0.5, 0.6) is 0 Å². The Morgan fingerprint density at radius 2 is 0.725 bits per heavy atom. The van der Waals surface area contributed by atoms with Crippen LogP contribution in [0.1, 0.15) is 31.1 Å². The van der Waals surface area contributed by atoms with Crippen LogP contribution in [0.15, 0.2) is 54.6 Å². The number of carboxylic acids is 3. The zero-order valence-corrected chi connectivity index (χ0v) is 25.2. The fourth-order valence-electron chi connectivity index (χ4n) is 2.37. The van der Waals surface area contributed by atoms with Crippen molar-refractivity contribution >= 4 is 69.8 Å². The zero-order chi connectivity index (χ0) is 30.0. The van der Waals surface area contributed by atoms with E-state index in [2.05, 4.69) is 0 Å². The molecule has 3 aromatic rings. The molecule has 19 heteroatoms. The predicted molar refractivity (Wildman–Crippen MR) is 135 cm³/mol. The van der Waals surface area contributed by atoms with Crippen molar-refractivity contribution in [2.45, 2.75) is 0 Å². The molecule has 0 fully saturated rings. The molecule has 0 aliphatic heterocycles. The first kappa shape index (κ1) is 36.5. The largest absolute Gasteiger partial charge is 0.478 e. The normalized spacial score (nSPS) is 9.38. The van der Waals surface area contributed by atoms with Gasteiger partial charge in [-0.15, -0.1) is 0 Å². The first-order valence-electron chi connectivity index (χ1n) is 9.58. The molecule has 0 aliphatic carbocycles. The van der Waals surface area contributed by atoms with Crippen LogP contribution in [-0.2, 0) is 0 Å². The summed E-state index contributed by atoms with van der Waals surface area (Å²) in [5, 5.41) is 56.4. The van der Waals surface area contributed by atoms with Gasteiger partial charge in [0, 0.05) is 77.7 Å². The smallest absolute Gasteiger partial charge is 0.337 e. The van der Waals surface area contributed by atoms with E-state index in [-0.39, 0.29) is 90.1 Å². The summed E-state index contributed by atoms with van der Waals surface area (Å²) in [6.45, 7) is 0. The van der Waals surface area contributed by atoms with Crippen LogP contribution in [0.3, 0.4) is 0 Å². The second-order valence-corrected chi connectivity index (χ2v) is 7.90. The van der Waals surface area contributed by atoms with Crippen LogP contribution >= 0.6 is 34.8 Å². The van der Waals surface area contributed by atoms with Gasteiger partial charge in [0.15, 0.2) is 0 Å². The Kier molecular flexibility index (Phi) is 15.1. The number of nitrogens with zero attached hydrogens (tertiary/aromatic N) is 3. The number of non-ortho nitro benzene ring substituents is 3. The van der Waals surface area contributed by atoms with E-state index in [4.69, 9.17) is 50.1 Å². The average Bonchev–Trinajstić information content (AvgIpc) is 2.84. The molecule has 0 saturated heterocycles. The van der Waals surface area contributed by atoms with Gasteiger partial charge < -0.3 is 15.3 Å². The van der Waals surface area contributed by atoms with Crippen molar-refractivity contribution in [1.29, 1.82) is 0 Å². The van der Waals surface area contributed by atoms with Gasteiger partial charge in [-0.2, -0.15) is 0 Å². The molecule has 3 aromatic carbocycles. The van der Waals surface area contributed by atoms with E-state index >= 15 is 0 Å². The topological polar surface area (TPSA) is 241 Å². The molecule has 0 unspecified atom stereocenters. The van der Waals surface area contributed by atoms with E-state index in [0.29, 0.717) is 0 Å². The third kappa shape index (κ3) is 10.9. The van der Waals surface area contributed by atoms with E-state index in [9.17, 15) is 44.7 Å². The Morgan fingerprint density at radius 1 is 0.525 bits per heavy atom. The maximum atomic E-state index is 10.5. The summed E-state index contributed by atoms with van der Waals surface area (Å²) in [5.74, 6) is -3.85. The summed E-state index contributed by atoms with van der Waals surface area (Å²) >= 11 is 16.5. The van der Waals surface area contributed by atoms with Gasteiger partial charge in [0.2, 0.25) is 0 Å². The monoisotopic (exact) mass is 744 g/mol. The van der Waals surface area contributed by atoms with Crippen molar-refractivity contribution in [3.63, 3.8) is 0 Å². The molecule has 15 nitrogen and oxygen atoms in total. The maximum absolute atomic E-state index is 10.5. The number of aromatic carboxylic acids is 3. The van der Waals surface area contributed by atoms with E-state index in [0.717, 1.165) is 36.4 Å². The van der Waals surface area contributed by atoms with Gasteiger partial charge in [-0.05, 0) is 18.2 Å². The van der Waals surface area contributed by atoms with E-state index in [1.165, 1.54) is 18.2 Å². The Balaban J connectivity index is 0.000000563. The van der Waals surface area contributed by atoms with Crippen molar-refractivity contribution in [3.05, 3.63) is 117 Å². The number of hydrogen-bond acceptors (Lipinski definition) is 9. The molecule has 0 aromatic heterocycles. The molecule has 0 heterocycles. The second kappa shape index (κ2) is 16.6. The molecule has 0 saturated carbocycles. The summed E-state index contributed by atoms with van der Waals surface area (Å²) in [7, 11) is 0. The van der Waals surface area contributed by atoms with Gasteiger partial charge in [0.25, 0.3) is 17.1 Å². The van der Waals surface area contributed by atoms with Crippen LogP contribution < -0.4 is 0 Å². The van der Waals surface area contributed by atoms with Gasteiger partial charge in [0.1, 0.15) is 0 Å². The molecule has 207 valence electrons. The summed E-state index contributed by atoms with van der Waals surface area (Å²) < 4.78 is 0. The Hall–Kier alpha value is -3.50. The summed E-state index contributed by atoms with van der Waals surface area (Å²) in [4.78, 5) is 60.2. The third-order valence-electron chi connectivity index (χ3n) is 4.17. The Morgan fingerprint density at radius 3 is 0.875 bits per heavy atom. The summed E-state index contributed by atoms with van der Waals surface area (Å²) in [5.41, 5.74) is -1.67. The van der Waals surface area contributed by atoms with Gasteiger partial charge >= 0.3 is 17.9 Å². The van der Waals surface area contributed by atoms with Crippen LogP contribution in [0.4, 0.5) is 17.1 Å². The molecule has 0 bridgehead atoms. The van der Waals surface area contributed by atoms with E-state index < -0.39 is 32.7 Å². The maximum Gasteiger partial charge on any atom is 0.337 e. The van der Waals surface area contributed by atoms with Crippen LogP contribution in [0, 0.1) is 71.6 Å². The number of carbonyl (C=O) groups is 3. The second-order valence-electron chi connectivity index (χ2n) is 6.68. The van der Waals surface area contributed by atoms with Crippen LogP contribution in [0.2, 0.25) is 15.1 Å². The van der Waals surface area contributed by atoms with Crippen molar-refractivity contribution < 1.29 is 85.8 Å². The fraction of sp³-hybridized carbons (Fsp3) is 0. The molecule has 0 spiro atoms. The van der Waals surface area contributed by atoms with E-state index in [1.807, 2.05) is 0 Å². The molecular weight excluding hydrogens is 734 g/mol. The molecular formula is C21H12Cl3N3O12Pr. The molecule has 0 atom stereocenters. The quantitative estimate of drug-likeness (QED) is 0.199. The standard InChI is InChI=1S/3C7H4ClNO4.Pr/c3*8-6-2-1-4(9(12)13)3-5(6)7(10)11;/h3*1-3H,(H,10,11);. The first-order chi connectivity index (χ1) is 18.1. The number of nitro benzene ring substituents is 3. The SMILES string of the molecule is O=C(O)c1cc([N+](=O)[O-])ccc1Cl.O=C(O)c1cc([N+](=O)[O-])ccc1Cl.O=C(O)c1cc([N+](=O)[O-])ccc1Cl.[Pr]. The molecule has 0 aliphatic rings. The Bertz CT molecular complexity index is 1310. The van der Waals surface area contributed by atoms with Crippen molar-refractivity contribution in [3.8, 4) is 0 Å². The molecule has 40 heavy (non-hydrogen) atoms. The fourth-order valence-corrected chi connectivity index (χ4v) is 2.97. The summed E-state index contributed by atoms with van der Waals surface area (Å²) in [6.07, 6.45) is 0.